The third kappa shape index (κ3) is 4.70. The maximum absolute atomic E-state index is 5.81. The van der Waals surface area contributed by atoms with Crippen LogP contribution in [0.4, 0.5) is 5.69 Å². The Kier molecular flexibility index (Phi) is 6.64. The van der Waals surface area contributed by atoms with E-state index in [1.54, 1.807) is 4.90 Å². The lowest BCUT2D eigenvalue weighted by atomic mass is 10.0. The Hall–Kier alpha value is -1.13. The third-order valence-corrected chi connectivity index (χ3v) is 5.55. The van der Waals surface area contributed by atoms with Crippen molar-refractivity contribution < 1.29 is 4.90 Å². The van der Waals surface area contributed by atoms with Crippen molar-refractivity contribution in [1.82, 2.24) is 4.90 Å². The van der Waals surface area contributed by atoms with Gasteiger partial charge < -0.3 is 15.1 Å². The minimum absolute atomic E-state index is 0.417. The molecule has 0 amide bonds. The second kappa shape index (κ2) is 8.30. The van der Waals surface area contributed by atoms with Crippen LogP contribution < -0.4 is 10.2 Å². The van der Waals surface area contributed by atoms with Crippen LogP contribution in [0.3, 0.4) is 0 Å². The molecule has 1 aliphatic heterocycles. The van der Waals surface area contributed by atoms with Crippen LogP contribution in [0.15, 0.2) is 18.2 Å². The van der Waals surface area contributed by atoms with E-state index in [4.69, 9.17) is 12.2 Å². The van der Waals surface area contributed by atoms with Gasteiger partial charge in [0.15, 0.2) is 5.11 Å². The minimum Gasteiger partial charge on any atom is -0.343 e. The summed E-state index contributed by atoms with van der Waals surface area (Å²) in [6, 6.07) is 8.18. The molecule has 24 heavy (non-hydrogen) atoms. The van der Waals surface area contributed by atoms with Crippen LogP contribution in [0.5, 0.6) is 0 Å². The summed E-state index contributed by atoms with van der Waals surface area (Å²) >= 11 is 5.81. The molecule has 0 atom stereocenters. The molecule has 0 spiro atoms. The lowest BCUT2D eigenvalue weighted by Gasteiger charge is -2.41. The van der Waals surface area contributed by atoms with Crippen LogP contribution in [-0.4, -0.2) is 41.2 Å². The van der Waals surface area contributed by atoms with Crippen molar-refractivity contribution in [3.63, 3.8) is 0 Å². The first-order valence-corrected chi connectivity index (χ1v) is 9.71. The molecule has 1 aromatic carbocycles. The third-order valence-electron chi connectivity index (χ3n) is 5.23. The molecular weight excluding hydrogens is 314 g/mol. The predicted molar refractivity (Wildman–Crippen MR) is 108 cm³/mol. The number of nitrogens with one attached hydrogen (secondary N) is 2. The molecule has 2 N–H and O–H groups in total. The summed E-state index contributed by atoms with van der Waals surface area (Å²) < 4.78 is 0. The minimum atomic E-state index is 0.417. The van der Waals surface area contributed by atoms with Gasteiger partial charge in [0.25, 0.3) is 0 Å². The maximum atomic E-state index is 5.81. The Morgan fingerprint density at radius 1 is 1.17 bits per heavy atom. The number of hydrogen-bond donors (Lipinski definition) is 2. The van der Waals surface area contributed by atoms with Crippen molar-refractivity contribution in [2.24, 2.45) is 0 Å². The van der Waals surface area contributed by atoms with Gasteiger partial charge in [0.1, 0.15) is 0 Å². The van der Waals surface area contributed by atoms with Crippen LogP contribution in [0.2, 0.25) is 0 Å². The van der Waals surface area contributed by atoms with Crippen LogP contribution in [0.1, 0.15) is 51.7 Å². The highest BCUT2D eigenvalue weighted by atomic mass is 32.1. The highest BCUT2D eigenvalue weighted by Crippen LogP contribution is 2.20. The predicted octanol–water partition coefficient (Wildman–Crippen LogP) is 3.17. The number of quaternary nitrogens is 1. The molecule has 0 radical (unpaired) electrons. The first-order chi connectivity index (χ1) is 11.3. The fourth-order valence-corrected chi connectivity index (χ4v) is 4.17. The number of thiocarbonyl (C=S) groups is 1. The van der Waals surface area contributed by atoms with Gasteiger partial charge in [-0.05, 0) is 71.0 Å². The first-order valence-electron chi connectivity index (χ1n) is 9.30. The van der Waals surface area contributed by atoms with Gasteiger partial charge in [-0.2, -0.15) is 0 Å². The average Bonchev–Trinajstić information content (AvgIpc) is 2.51. The molecule has 4 heteroatoms. The largest absolute Gasteiger partial charge is 0.343 e. The van der Waals surface area contributed by atoms with Crippen molar-refractivity contribution >= 4 is 23.0 Å². The highest BCUT2D eigenvalue weighted by Gasteiger charge is 2.30. The van der Waals surface area contributed by atoms with Gasteiger partial charge in [-0.3, -0.25) is 0 Å². The number of piperidine rings is 1. The monoisotopic (exact) mass is 348 g/mol. The van der Waals surface area contributed by atoms with Gasteiger partial charge in [0.2, 0.25) is 0 Å². The van der Waals surface area contributed by atoms with Gasteiger partial charge in [0, 0.05) is 30.6 Å². The topological polar surface area (TPSA) is 19.7 Å². The van der Waals surface area contributed by atoms with Crippen molar-refractivity contribution in [3.05, 3.63) is 29.3 Å². The van der Waals surface area contributed by atoms with Crippen LogP contribution in [0.25, 0.3) is 0 Å². The quantitative estimate of drug-likeness (QED) is 0.816. The normalized spacial score (nSPS) is 21.2. The highest BCUT2D eigenvalue weighted by molar-refractivity contribution is 7.80. The molecule has 3 nitrogen and oxygen atoms in total. The molecular formula is C20H34N3S+. The van der Waals surface area contributed by atoms with E-state index in [0.717, 1.165) is 16.8 Å². The van der Waals surface area contributed by atoms with E-state index in [1.165, 1.54) is 37.1 Å². The number of rotatable bonds is 4. The molecule has 1 heterocycles. The standard InChI is InChI=1S/C20H33N3S/c1-14(2)22-11-9-18(10-12-22)23(15(3)4)20(24)21-19-13-16(5)7-8-17(19)6/h7-8,13-15,18H,9-12H2,1-6H3,(H,21,24)/p+1. The Morgan fingerprint density at radius 3 is 2.33 bits per heavy atom. The van der Waals surface area contributed by atoms with E-state index in [2.05, 4.69) is 70.0 Å². The smallest absolute Gasteiger partial charge is 0.173 e. The van der Waals surface area contributed by atoms with Gasteiger partial charge in [-0.1, -0.05) is 12.1 Å². The summed E-state index contributed by atoms with van der Waals surface area (Å²) in [6.45, 7) is 15.9. The summed E-state index contributed by atoms with van der Waals surface area (Å²) in [5.41, 5.74) is 3.64. The van der Waals surface area contributed by atoms with Crippen LogP contribution in [0, 0.1) is 13.8 Å². The summed E-state index contributed by atoms with van der Waals surface area (Å²) in [4.78, 5) is 4.15. The summed E-state index contributed by atoms with van der Waals surface area (Å²) in [5.74, 6) is 0. The van der Waals surface area contributed by atoms with E-state index in [0.29, 0.717) is 12.1 Å². The average molecular weight is 349 g/mol. The van der Waals surface area contributed by atoms with Crippen LogP contribution in [-0.2, 0) is 0 Å². The lowest BCUT2D eigenvalue weighted by Crippen LogP contribution is -3.16. The van der Waals surface area contributed by atoms with Crippen molar-refractivity contribution in [1.29, 1.82) is 0 Å². The Balaban J connectivity index is 2.07. The fourth-order valence-electron chi connectivity index (χ4n) is 3.70. The van der Waals surface area contributed by atoms with E-state index < -0.39 is 0 Å². The summed E-state index contributed by atoms with van der Waals surface area (Å²) in [6.07, 6.45) is 2.45. The fraction of sp³-hybridized carbons (Fsp3) is 0.650. The van der Waals surface area contributed by atoms with Gasteiger partial charge in [0.05, 0.1) is 19.1 Å². The zero-order valence-corrected chi connectivity index (χ0v) is 17.0. The zero-order chi connectivity index (χ0) is 17.9. The van der Waals surface area contributed by atoms with Gasteiger partial charge >= 0.3 is 0 Å². The van der Waals surface area contributed by atoms with Crippen LogP contribution >= 0.6 is 12.2 Å². The molecule has 0 unspecified atom stereocenters. The molecule has 134 valence electrons. The molecule has 0 aliphatic carbocycles. The molecule has 1 saturated heterocycles. The number of likely N-dealkylation sites (tertiary alicyclic amines) is 1. The molecule has 1 fully saturated rings. The Labute approximate surface area is 153 Å². The lowest BCUT2D eigenvalue weighted by molar-refractivity contribution is -0.926. The second-order valence-corrected chi connectivity index (χ2v) is 8.18. The van der Waals surface area contributed by atoms with Crippen molar-refractivity contribution in [3.8, 4) is 0 Å². The maximum Gasteiger partial charge on any atom is 0.173 e. The first kappa shape index (κ1) is 19.2. The molecule has 0 aromatic heterocycles. The molecule has 0 saturated carbocycles. The van der Waals surface area contributed by atoms with E-state index in [-0.39, 0.29) is 0 Å². The Morgan fingerprint density at radius 2 is 1.79 bits per heavy atom. The summed E-state index contributed by atoms with van der Waals surface area (Å²) in [7, 11) is 0. The number of hydrogen-bond acceptors (Lipinski definition) is 1. The molecule has 1 aliphatic rings. The molecule has 0 bridgehead atoms. The van der Waals surface area contributed by atoms with Crippen molar-refractivity contribution in [2.75, 3.05) is 18.4 Å². The number of benzene rings is 1. The van der Waals surface area contributed by atoms with E-state index in [1.807, 2.05) is 0 Å². The van der Waals surface area contributed by atoms with E-state index in [9.17, 15) is 0 Å². The molecule has 2 rings (SSSR count). The van der Waals surface area contributed by atoms with Gasteiger partial charge in [-0.15, -0.1) is 0 Å². The van der Waals surface area contributed by atoms with E-state index >= 15 is 0 Å². The zero-order valence-electron chi connectivity index (χ0n) is 16.1. The van der Waals surface area contributed by atoms with Gasteiger partial charge in [-0.25, -0.2) is 0 Å². The second-order valence-electron chi connectivity index (χ2n) is 7.79. The summed E-state index contributed by atoms with van der Waals surface area (Å²) in [5, 5.41) is 4.39. The number of anilines is 1. The number of nitrogens with zero attached hydrogens (tertiary/aromatic N) is 1. The Bertz CT molecular complexity index is 560. The molecule has 1 aromatic rings. The van der Waals surface area contributed by atoms with Crippen molar-refractivity contribution in [2.45, 2.75) is 72.5 Å². The SMILES string of the molecule is Cc1ccc(C)c(NC(=S)N(C(C)C)C2CC[NH+](C(C)C)CC2)c1. The number of aryl methyl sites for hydroxylation is 2.